The number of hydrogen-bond donors (Lipinski definition) is 5. The highest BCUT2D eigenvalue weighted by molar-refractivity contribution is 5.72. The van der Waals surface area contributed by atoms with Gasteiger partial charge < -0.3 is 26.8 Å². The Labute approximate surface area is 307 Å². The zero-order valence-corrected chi connectivity index (χ0v) is 32.2. The predicted octanol–water partition coefficient (Wildman–Crippen LogP) is 11.3. The highest BCUT2D eigenvalue weighted by atomic mass is 16.4. The Morgan fingerprint density at radius 1 is 0.480 bits per heavy atom. The largest absolute Gasteiger partial charge is 0.481 e. The van der Waals surface area contributed by atoms with Crippen molar-refractivity contribution in [2.45, 2.75) is 193 Å². The lowest BCUT2D eigenvalue weighted by molar-refractivity contribution is -0.139. The molecule has 0 rings (SSSR count). The van der Waals surface area contributed by atoms with Crippen molar-refractivity contribution < 1.29 is 29.7 Å². The average molecular weight is 707 g/mol. The van der Waals surface area contributed by atoms with Crippen molar-refractivity contribution in [3.63, 3.8) is 0 Å². The second-order valence-electron chi connectivity index (χ2n) is 13.0. The van der Waals surface area contributed by atoms with Crippen LogP contribution in [0.5, 0.6) is 0 Å². The molecule has 0 aromatic heterocycles. The number of rotatable bonds is 33. The lowest BCUT2D eigenvalue weighted by atomic mass is 10.1. The molecule has 0 aliphatic carbocycles. The van der Waals surface area contributed by atoms with E-state index in [1.165, 1.54) is 89.9 Å². The van der Waals surface area contributed by atoms with Gasteiger partial charge in [-0.3, -0.25) is 14.4 Å². The molecule has 0 radical (unpaired) electrons. The van der Waals surface area contributed by atoms with Gasteiger partial charge in [-0.15, -0.1) is 0 Å². The zero-order chi connectivity index (χ0) is 37.8. The van der Waals surface area contributed by atoms with Gasteiger partial charge >= 0.3 is 17.9 Å². The molecular weight excluding hydrogens is 628 g/mol. The Balaban J connectivity index is -0.000000701. The van der Waals surface area contributed by atoms with Crippen LogP contribution in [0.4, 0.5) is 0 Å². The molecule has 0 aromatic rings. The summed E-state index contributed by atoms with van der Waals surface area (Å²) in [7, 11) is 0. The molecule has 0 heterocycles. The molecule has 7 N–H and O–H groups in total. The standard InChI is InChI=1S/2C18H32O2.C6H14N2O2/c2*1-2-3-4-5-6-7-8-9-10-11-12-13-14-15-16-17-18(19)20;7-4-2-1-3-5(8)6(9)10/h2*6-7,9-10H,2-5,8,11-17H2,1H3,(H,19,20);5H,1-4,7-8H2,(H,9,10)/b2*7-6-,10-9-;/t;;5-/m..0/s1. The molecule has 0 unspecified atom stereocenters. The monoisotopic (exact) mass is 707 g/mol. The van der Waals surface area contributed by atoms with Crippen molar-refractivity contribution in [2.24, 2.45) is 11.5 Å². The number of unbranched alkanes of at least 4 members (excludes halogenated alkanes) is 17. The van der Waals surface area contributed by atoms with E-state index in [2.05, 4.69) is 62.5 Å². The number of carboxylic acid groups (broad SMARTS) is 3. The number of nitrogens with two attached hydrogens (primary N) is 2. The number of carbonyl (C=O) groups is 3. The fourth-order valence-electron chi connectivity index (χ4n) is 4.81. The zero-order valence-electron chi connectivity index (χ0n) is 32.2. The van der Waals surface area contributed by atoms with Crippen LogP contribution in [0.2, 0.25) is 0 Å². The molecule has 0 aliphatic rings. The van der Waals surface area contributed by atoms with E-state index in [0.717, 1.165) is 64.2 Å². The maximum absolute atomic E-state index is 10.3. The van der Waals surface area contributed by atoms with E-state index in [-0.39, 0.29) is 0 Å². The third-order valence-electron chi connectivity index (χ3n) is 7.97. The van der Waals surface area contributed by atoms with E-state index >= 15 is 0 Å². The van der Waals surface area contributed by atoms with Crippen molar-refractivity contribution in [1.29, 1.82) is 0 Å². The Morgan fingerprint density at radius 2 is 0.820 bits per heavy atom. The molecule has 50 heavy (non-hydrogen) atoms. The molecule has 0 aromatic carbocycles. The quantitative estimate of drug-likeness (QED) is 0.0332. The molecule has 0 aliphatic heterocycles. The Morgan fingerprint density at radius 3 is 1.14 bits per heavy atom. The molecule has 0 amide bonds. The van der Waals surface area contributed by atoms with E-state index in [4.69, 9.17) is 26.8 Å². The van der Waals surface area contributed by atoms with Gasteiger partial charge in [-0.1, -0.05) is 133 Å². The Kier molecular flexibility index (Phi) is 47.8. The first-order valence-electron chi connectivity index (χ1n) is 19.9. The minimum absolute atomic E-state index is 0.324. The summed E-state index contributed by atoms with van der Waals surface area (Å²) in [5.74, 6) is -2.27. The summed E-state index contributed by atoms with van der Waals surface area (Å²) in [6.07, 6.45) is 46.7. The van der Waals surface area contributed by atoms with Crippen molar-refractivity contribution >= 4 is 17.9 Å². The molecule has 8 nitrogen and oxygen atoms in total. The van der Waals surface area contributed by atoms with Gasteiger partial charge in [0.2, 0.25) is 0 Å². The fourth-order valence-corrected chi connectivity index (χ4v) is 4.81. The third-order valence-corrected chi connectivity index (χ3v) is 7.97. The predicted molar refractivity (Wildman–Crippen MR) is 213 cm³/mol. The van der Waals surface area contributed by atoms with E-state index < -0.39 is 23.9 Å². The lowest BCUT2D eigenvalue weighted by Crippen LogP contribution is -2.29. The first kappa shape index (κ1) is 51.7. The Hall–Kier alpha value is -2.71. The fraction of sp³-hybridized carbons (Fsp3) is 0.738. The molecule has 1 atom stereocenters. The van der Waals surface area contributed by atoms with Crippen molar-refractivity contribution in [3.05, 3.63) is 48.6 Å². The summed E-state index contributed by atoms with van der Waals surface area (Å²) in [5, 5.41) is 25.3. The van der Waals surface area contributed by atoms with Crippen LogP contribution in [0.25, 0.3) is 0 Å². The van der Waals surface area contributed by atoms with E-state index in [1.807, 2.05) is 0 Å². The smallest absolute Gasteiger partial charge is 0.320 e. The second kappa shape index (κ2) is 46.3. The average Bonchev–Trinajstić information content (AvgIpc) is 3.08. The first-order valence-corrected chi connectivity index (χ1v) is 19.9. The third kappa shape index (κ3) is 54.7. The maximum Gasteiger partial charge on any atom is 0.320 e. The van der Waals surface area contributed by atoms with Crippen LogP contribution in [-0.2, 0) is 14.4 Å². The molecule has 292 valence electrons. The second-order valence-corrected chi connectivity index (χ2v) is 13.0. The molecule has 0 saturated carbocycles. The van der Waals surface area contributed by atoms with E-state index in [9.17, 15) is 14.4 Å². The van der Waals surface area contributed by atoms with Gasteiger partial charge in [0, 0.05) is 12.8 Å². The summed E-state index contributed by atoms with van der Waals surface area (Å²) in [6.45, 7) is 5.07. The summed E-state index contributed by atoms with van der Waals surface area (Å²) in [4.78, 5) is 30.8. The van der Waals surface area contributed by atoms with Crippen molar-refractivity contribution in [2.75, 3.05) is 6.54 Å². The molecular formula is C42H78N2O6. The van der Waals surface area contributed by atoms with Gasteiger partial charge in [-0.05, 0) is 96.4 Å². The van der Waals surface area contributed by atoms with Crippen LogP contribution < -0.4 is 11.5 Å². The van der Waals surface area contributed by atoms with Gasteiger partial charge in [-0.25, -0.2) is 0 Å². The maximum atomic E-state index is 10.3. The van der Waals surface area contributed by atoms with Crippen LogP contribution in [0.1, 0.15) is 187 Å². The molecule has 0 saturated heterocycles. The van der Waals surface area contributed by atoms with Crippen LogP contribution in [0.15, 0.2) is 48.6 Å². The molecule has 8 heteroatoms. The van der Waals surface area contributed by atoms with Crippen molar-refractivity contribution in [1.82, 2.24) is 0 Å². The number of hydrogen-bond acceptors (Lipinski definition) is 5. The summed E-state index contributed by atoms with van der Waals surface area (Å²) >= 11 is 0. The topological polar surface area (TPSA) is 164 Å². The van der Waals surface area contributed by atoms with Crippen LogP contribution in [0.3, 0.4) is 0 Å². The summed E-state index contributed by atoms with van der Waals surface area (Å²) in [5.41, 5.74) is 10.4. The van der Waals surface area contributed by atoms with Crippen LogP contribution in [-0.4, -0.2) is 45.8 Å². The summed E-state index contributed by atoms with van der Waals surface area (Å²) in [6, 6.07) is -0.716. The number of carboxylic acids is 3. The van der Waals surface area contributed by atoms with Gasteiger partial charge in [0.05, 0.1) is 0 Å². The van der Waals surface area contributed by atoms with Gasteiger partial charge in [0.25, 0.3) is 0 Å². The minimum Gasteiger partial charge on any atom is -0.481 e. The SMILES string of the molecule is CCCCC/C=C\C/C=C\CCCCCCCC(=O)O.CCCCC/C=C\C/C=C\CCCCCCCC(=O)O.NCCCC[C@H](N)C(=O)O. The number of aliphatic carboxylic acids is 3. The summed E-state index contributed by atoms with van der Waals surface area (Å²) < 4.78 is 0. The normalized spacial score (nSPS) is 11.9. The van der Waals surface area contributed by atoms with Crippen LogP contribution in [0, 0.1) is 0 Å². The molecule has 0 spiro atoms. The van der Waals surface area contributed by atoms with E-state index in [1.54, 1.807) is 0 Å². The van der Waals surface area contributed by atoms with Gasteiger partial charge in [0.1, 0.15) is 6.04 Å². The van der Waals surface area contributed by atoms with Crippen molar-refractivity contribution in [3.8, 4) is 0 Å². The Bertz CT molecular complexity index is 797. The number of allylic oxidation sites excluding steroid dienone is 8. The highest BCUT2D eigenvalue weighted by Crippen LogP contribution is 2.09. The van der Waals surface area contributed by atoms with Crippen LogP contribution >= 0.6 is 0 Å². The van der Waals surface area contributed by atoms with Gasteiger partial charge in [-0.2, -0.15) is 0 Å². The molecule has 0 fully saturated rings. The minimum atomic E-state index is -0.933. The highest BCUT2D eigenvalue weighted by Gasteiger charge is 2.09. The molecule has 0 bridgehead atoms. The van der Waals surface area contributed by atoms with E-state index in [0.29, 0.717) is 25.8 Å². The van der Waals surface area contributed by atoms with Gasteiger partial charge in [0.15, 0.2) is 0 Å². The first-order chi connectivity index (χ1) is 24.2. The lowest BCUT2D eigenvalue weighted by Gasteiger charge is -2.03.